The lowest BCUT2D eigenvalue weighted by Crippen LogP contribution is -2.23. The van der Waals surface area contributed by atoms with Gasteiger partial charge in [0.15, 0.2) is 11.5 Å². The summed E-state index contributed by atoms with van der Waals surface area (Å²) < 4.78 is 15.8. The van der Waals surface area contributed by atoms with Crippen molar-refractivity contribution < 1.29 is 23.8 Å². The van der Waals surface area contributed by atoms with E-state index in [0.717, 1.165) is 12.1 Å². The molecule has 142 valence electrons. The van der Waals surface area contributed by atoms with Gasteiger partial charge < -0.3 is 24.4 Å². The van der Waals surface area contributed by atoms with Gasteiger partial charge in [0.25, 0.3) is 5.91 Å². The first kappa shape index (κ1) is 18.6. The number of nitrogens with zero attached hydrogens (tertiary/aromatic N) is 1. The smallest absolute Gasteiger partial charge is 0.259 e. The van der Waals surface area contributed by atoms with Gasteiger partial charge in [0.2, 0.25) is 5.91 Å². The summed E-state index contributed by atoms with van der Waals surface area (Å²) in [5.41, 5.74) is 1.68. The Balaban J connectivity index is 1.86. The van der Waals surface area contributed by atoms with Crippen molar-refractivity contribution >= 4 is 23.2 Å². The van der Waals surface area contributed by atoms with Gasteiger partial charge >= 0.3 is 0 Å². The second kappa shape index (κ2) is 7.99. The van der Waals surface area contributed by atoms with Crippen molar-refractivity contribution in [2.75, 3.05) is 38.1 Å². The monoisotopic (exact) mass is 370 g/mol. The lowest BCUT2D eigenvalue weighted by Gasteiger charge is -2.17. The molecule has 1 fully saturated rings. The number of amides is 2. The van der Waals surface area contributed by atoms with Crippen LogP contribution in [0.4, 0.5) is 11.4 Å². The van der Waals surface area contributed by atoms with Crippen LogP contribution in [0.15, 0.2) is 36.4 Å². The third-order valence-electron chi connectivity index (χ3n) is 4.44. The predicted molar refractivity (Wildman–Crippen MR) is 102 cm³/mol. The van der Waals surface area contributed by atoms with E-state index < -0.39 is 0 Å². The zero-order chi connectivity index (χ0) is 19.4. The van der Waals surface area contributed by atoms with Crippen molar-refractivity contribution in [3.8, 4) is 17.2 Å². The highest BCUT2D eigenvalue weighted by atomic mass is 16.5. The average molecular weight is 370 g/mol. The highest BCUT2D eigenvalue weighted by Gasteiger charge is 2.22. The molecule has 1 saturated heterocycles. The molecule has 1 aliphatic heterocycles. The quantitative estimate of drug-likeness (QED) is 0.846. The minimum atomic E-state index is -0.349. The van der Waals surface area contributed by atoms with Crippen molar-refractivity contribution in [1.29, 1.82) is 0 Å². The molecule has 0 aromatic heterocycles. The fourth-order valence-electron chi connectivity index (χ4n) is 3.08. The van der Waals surface area contributed by atoms with E-state index in [1.165, 1.54) is 21.3 Å². The van der Waals surface area contributed by atoms with E-state index in [9.17, 15) is 9.59 Å². The van der Waals surface area contributed by atoms with Crippen LogP contribution in [-0.2, 0) is 4.79 Å². The summed E-state index contributed by atoms with van der Waals surface area (Å²) in [7, 11) is 4.50. The van der Waals surface area contributed by atoms with Gasteiger partial charge in [-0.25, -0.2) is 0 Å². The highest BCUT2D eigenvalue weighted by molar-refractivity contribution is 6.07. The standard InChI is InChI=1S/C20H22N2O5/c1-25-16-12-18(27-3)17(26-2)11-15(16)20(24)21-13-6-4-7-14(10-13)22-9-5-8-19(22)23/h4,6-7,10-12H,5,8-9H2,1-3H3,(H,21,24). The lowest BCUT2D eigenvalue weighted by atomic mass is 10.1. The second-order valence-electron chi connectivity index (χ2n) is 6.06. The fourth-order valence-corrected chi connectivity index (χ4v) is 3.08. The number of carbonyl (C=O) groups is 2. The van der Waals surface area contributed by atoms with Gasteiger partial charge in [0.1, 0.15) is 5.75 Å². The summed E-state index contributed by atoms with van der Waals surface area (Å²) >= 11 is 0. The maximum absolute atomic E-state index is 12.8. The Kier molecular flexibility index (Phi) is 5.49. The molecular formula is C20H22N2O5. The van der Waals surface area contributed by atoms with Crippen LogP contribution >= 0.6 is 0 Å². The summed E-state index contributed by atoms with van der Waals surface area (Å²) in [4.78, 5) is 26.5. The fraction of sp³-hybridized carbons (Fsp3) is 0.300. The van der Waals surface area contributed by atoms with Crippen molar-refractivity contribution in [2.24, 2.45) is 0 Å². The molecule has 0 saturated carbocycles. The molecule has 2 aromatic rings. The zero-order valence-electron chi connectivity index (χ0n) is 15.6. The Labute approximate surface area is 157 Å². The topological polar surface area (TPSA) is 77.1 Å². The molecule has 0 bridgehead atoms. The number of nitrogens with one attached hydrogen (secondary N) is 1. The van der Waals surface area contributed by atoms with E-state index in [4.69, 9.17) is 14.2 Å². The molecule has 3 rings (SSSR count). The number of anilines is 2. The summed E-state index contributed by atoms with van der Waals surface area (Å²) in [6.07, 6.45) is 1.40. The first-order valence-electron chi connectivity index (χ1n) is 8.59. The number of hydrogen-bond donors (Lipinski definition) is 1. The van der Waals surface area contributed by atoms with Crippen molar-refractivity contribution in [3.05, 3.63) is 42.0 Å². The maximum atomic E-state index is 12.8. The number of ether oxygens (including phenoxy) is 3. The van der Waals surface area contributed by atoms with Crippen LogP contribution < -0.4 is 24.4 Å². The molecule has 1 N–H and O–H groups in total. The van der Waals surface area contributed by atoms with E-state index in [-0.39, 0.29) is 11.8 Å². The van der Waals surface area contributed by atoms with Crippen LogP contribution in [0.3, 0.4) is 0 Å². The van der Waals surface area contributed by atoms with Gasteiger partial charge in [0, 0.05) is 36.5 Å². The Morgan fingerprint density at radius 2 is 1.70 bits per heavy atom. The van der Waals surface area contributed by atoms with Crippen LogP contribution in [0, 0.1) is 0 Å². The largest absolute Gasteiger partial charge is 0.496 e. The molecule has 27 heavy (non-hydrogen) atoms. The molecule has 2 amide bonds. The van der Waals surface area contributed by atoms with E-state index in [1.807, 2.05) is 12.1 Å². The van der Waals surface area contributed by atoms with Crippen LogP contribution in [0.1, 0.15) is 23.2 Å². The first-order chi connectivity index (χ1) is 13.1. The number of hydrogen-bond acceptors (Lipinski definition) is 5. The summed E-state index contributed by atoms with van der Waals surface area (Å²) in [6.45, 7) is 0.694. The minimum Gasteiger partial charge on any atom is -0.496 e. The van der Waals surface area contributed by atoms with Crippen LogP contribution in [-0.4, -0.2) is 39.7 Å². The van der Waals surface area contributed by atoms with E-state index >= 15 is 0 Å². The molecule has 1 heterocycles. The Bertz CT molecular complexity index is 865. The number of methoxy groups -OCH3 is 3. The number of carbonyl (C=O) groups excluding carboxylic acids is 2. The van der Waals surface area contributed by atoms with Gasteiger partial charge in [-0.3, -0.25) is 9.59 Å². The molecular weight excluding hydrogens is 348 g/mol. The zero-order valence-corrected chi connectivity index (χ0v) is 15.6. The third kappa shape index (κ3) is 3.81. The Hall–Kier alpha value is -3.22. The van der Waals surface area contributed by atoms with Crippen molar-refractivity contribution in [2.45, 2.75) is 12.8 Å². The molecule has 0 aliphatic carbocycles. The summed E-state index contributed by atoms with van der Waals surface area (Å²) in [6, 6.07) is 10.4. The molecule has 2 aromatic carbocycles. The predicted octanol–water partition coefficient (Wildman–Crippen LogP) is 3.09. The van der Waals surface area contributed by atoms with Crippen LogP contribution in [0.5, 0.6) is 17.2 Å². The molecule has 0 atom stereocenters. The van der Waals surface area contributed by atoms with E-state index in [1.54, 1.807) is 29.2 Å². The van der Waals surface area contributed by atoms with E-state index in [0.29, 0.717) is 41.5 Å². The molecule has 0 radical (unpaired) electrons. The number of rotatable bonds is 6. The Morgan fingerprint density at radius 1 is 1.00 bits per heavy atom. The second-order valence-corrected chi connectivity index (χ2v) is 6.06. The van der Waals surface area contributed by atoms with Gasteiger partial charge in [-0.05, 0) is 24.6 Å². The average Bonchev–Trinajstić information content (AvgIpc) is 3.12. The van der Waals surface area contributed by atoms with Crippen LogP contribution in [0.25, 0.3) is 0 Å². The maximum Gasteiger partial charge on any atom is 0.259 e. The molecule has 0 spiro atoms. The van der Waals surface area contributed by atoms with Gasteiger partial charge in [-0.2, -0.15) is 0 Å². The molecule has 7 nitrogen and oxygen atoms in total. The third-order valence-corrected chi connectivity index (χ3v) is 4.44. The minimum absolute atomic E-state index is 0.0973. The van der Waals surface area contributed by atoms with E-state index in [2.05, 4.69) is 5.32 Å². The van der Waals surface area contributed by atoms with Crippen LogP contribution in [0.2, 0.25) is 0 Å². The normalized spacial score (nSPS) is 13.4. The lowest BCUT2D eigenvalue weighted by molar-refractivity contribution is -0.117. The highest BCUT2D eigenvalue weighted by Crippen LogP contribution is 2.35. The number of benzene rings is 2. The first-order valence-corrected chi connectivity index (χ1v) is 8.59. The van der Waals surface area contributed by atoms with Gasteiger partial charge in [-0.1, -0.05) is 6.07 Å². The molecule has 7 heteroatoms. The summed E-state index contributed by atoms with van der Waals surface area (Å²) in [5.74, 6) is 1.02. The van der Waals surface area contributed by atoms with Gasteiger partial charge in [-0.15, -0.1) is 0 Å². The Morgan fingerprint density at radius 3 is 2.33 bits per heavy atom. The summed E-state index contributed by atoms with van der Waals surface area (Å²) in [5, 5.41) is 2.85. The SMILES string of the molecule is COc1cc(OC)c(C(=O)Nc2cccc(N3CCCC3=O)c2)cc1OC. The molecule has 1 aliphatic rings. The van der Waals surface area contributed by atoms with Crippen molar-refractivity contribution in [3.63, 3.8) is 0 Å². The van der Waals surface area contributed by atoms with Crippen molar-refractivity contribution in [1.82, 2.24) is 0 Å². The molecule has 0 unspecified atom stereocenters. The van der Waals surface area contributed by atoms with Gasteiger partial charge in [0.05, 0.1) is 26.9 Å².